The van der Waals surface area contributed by atoms with Gasteiger partial charge in [0.25, 0.3) is 0 Å². The van der Waals surface area contributed by atoms with E-state index in [1.165, 1.54) is 0 Å². The van der Waals surface area contributed by atoms with Crippen molar-refractivity contribution in [1.82, 2.24) is 5.32 Å². The van der Waals surface area contributed by atoms with Gasteiger partial charge in [-0.2, -0.15) is 0 Å². The molecule has 1 rings (SSSR count). The smallest absolute Gasteiger partial charge is 0.347 e. The van der Waals surface area contributed by atoms with Crippen molar-refractivity contribution in [1.29, 1.82) is 0 Å². The maximum Gasteiger partial charge on any atom is 0.347 e. The Balaban J connectivity index is 2.24. The van der Waals surface area contributed by atoms with Crippen molar-refractivity contribution in [3.05, 3.63) is 0 Å². The SMILES string of the molecule is NC(OC1CCNCC1)C(=O)O. The number of carbonyl (C=O) groups is 1. The zero-order valence-corrected chi connectivity index (χ0v) is 6.82. The molecular formula is C7H14N2O3. The second kappa shape index (κ2) is 4.39. The fraction of sp³-hybridized carbons (Fsp3) is 0.857. The lowest BCUT2D eigenvalue weighted by atomic mass is 10.1. The van der Waals surface area contributed by atoms with Gasteiger partial charge in [-0.3, -0.25) is 5.73 Å². The molecule has 1 saturated heterocycles. The molecule has 0 aromatic heterocycles. The van der Waals surface area contributed by atoms with E-state index in [4.69, 9.17) is 15.6 Å². The first-order valence-electron chi connectivity index (χ1n) is 4.04. The van der Waals surface area contributed by atoms with Gasteiger partial charge in [-0.25, -0.2) is 4.79 Å². The average molecular weight is 174 g/mol. The first-order chi connectivity index (χ1) is 5.70. The summed E-state index contributed by atoms with van der Waals surface area (Å²) in [7, 11) is 0. The van der Waals surface area contributed by atoms with Crippen LogP contribution < -0.4 is 11.1 Å². The Hall–Kier alpha value is -0.650. The topological polar surface area (TPSA) is 84.6 Å². The Labute approximate surface area is 70.9 Å². The van der Waals surface area contributed by atoms with E-state index in [9.17, 15) is 4.79 Å². The van der Waals surface area contributed by atoms with Gasteiger partial charge in [-0.05, 0) is 25.9 Å². The maximum atomic E-state index is 10.3. The highest BCUT2D eigenvalue weighted by Crippen LogP contribution is 2.07. The number of nitrogens with one attached hydrogen (secondary N) is 1. The van der Waals surface area contributed by atoms with E-state index in [0.717, 1.165) is 25.9 Å². The van der Waals surface area contributed by atoms with Crippen LogP contribution in [0.1, 0.15) is 12.8 Å². The van der Waals surface area contributed by atoms with Crippen molar-refractivity contribution in [2.24, 2.45) is 5.73 Å². The lowest BCUT2D eigenvalue weighted by Crippen LogP contribution is -2.41. The summed E-state index contributed by atoms with van der Waals surface area (Å²) < 4.78 is 5.09. The average Bonchev–Trinajstić information content (AvgIpc) is 2.06. The van der Waals surface area contributed by atoms with Gasteiger partial charge in [0.1, 0.15) is 0 Å². The molecule has 1 heterocycles. The molecule has 5 heteroatoms. The Morgan fingerprint density at radius 2 is 2.17 bits per heavy atom. The fourth-order valence-electron chi connectivity index (χ4n) is 1.20. The number of carboxylic acids is 1. The lowest BCUT2D eigenvalue weighted by molar-refractivity contribution is -0.154. The molecule has 1 aliphatic heterocycles. The van der Waals surface area contributed by atoms with E-state index in [2.05, 4.69) is 5.32 Å². The second-order valence-electron chi connectivity index (χ2n) is 2.84. The van der Waals surface area contributed by atoms with Crippen molar-refractivity contribution >= 4 is 5.97 Å². The summed E-state index contributed by atoms with van der Waals surface area (Å²) in [6.45, 7) is 1.74. The summed E-state index contributed by atoms with van der Waals surface area (Å²) in [6.07, 6.45) is 0.493. The third kappa shape index (κ3) is 2.77. The van der Waals surface area contributed by atoms with E-state index in [1.54, 1.807) is 0 Å². The van der Waals surface area contributed by atoms with Crippen molar-refractivity contribution in [3.63, 3.8) is 0 Å². The predicted molar refractivity (Wildman–Crippen MR) is 42.6 cm³/mol. The summed E-state index contributed by atoms with van der Waals surface area (Å²) in [4.78, 5) is 10.3. The van der Waals surface area contributed by atoms with Gasteiger partial charge in [-0.15, -0.1) is 0 Å². The minimum Gasteiger partial charge on any atom is -0.478 e. The zero-order valence-electron chi connectivity index (χ0n) is 6.82. The van der Waals surface area contributed by atoms with E-state index in [-0.39, 0.29) is 6.10 Å². The first-order valence-corrected chi connectivity index (χ1v) is 4.04. The van der Waals surface area contributed by atoms with E-state index in [0.29, 0.717) is 0 Å². The maximum absolute atomic E-state index is 10.3. The molecule has 12 heavy (non-hydrogen) atoms. The third-order valence-electron chi connectivity index (χ3n) is 1.87. The van der Waals surface area contributed by atoms with Crippen molar-refractivity contribution in [2.75, 3.05) is 13.1 Å². The molecular weight excluding hydrogens is 160 g/mol. The molecule has 70 valence electrons. The summed E-state index contributed by atoms with van der Waals surface area (Å²) in [5.74, 6) is -1.10. The Kier molecular flexibility index (Phi) is 3.46. The van der Waals surface area contributed by atoms with Crippen molar-refractivity contribution < 1.29 is 14.6 Å². The van der Waals surface area contributed by atoms with Gasteiger partial charge < -0.3 is 15.2 Å². The number of aliphatic carboxylic acids is 1. The van der Waals surface area contributed by atoms with Crippen LogP contribution in [0.25, 0.3) is 0 Å². The quantitative estimate of drug-likeness (QED) is 0.484. The van der Waals surface area contributed by atoms with Crippen LogP contribution in [0.2, 0.25) is 0 Å². The van der Waals surface area contributed by atoms with Crippen LogP contribution in [0.4, 0.5) is 0 Å². The first kappa shape index (κ1) is 9.44. The van der Waals surface area contributed by atoms with Crippen LogP contribution in [0, 0.1) is 0 Å². The van der Waals surface area contributed by atoms with Gasteiger partial charge in [0.15, 0.2) is 0 Å². The molecule has 0 spiro atoms. The highest BCUT2D eigenvalue weighted by atomic mass is 16.5. The van der Waals surface area contributed by atoms with Gasteiger partial charge in [0, 0.05) is 0 Å². The minimum atomic E-state index is -1.17. The Morgan fingerprint density at radius 3 is 2.67 bits per heavy atom. The number of hydrogen-bond donors (Lipinski definition) is 3. The van der Waals surface area contributed by atoms with Gasteiger partial charge in [0.2, 0.25) is 6.23 Å². The number of nitrogens with two attached hydrogens (primary N) is 1. The highest BCUT2D eigenvalue weighted by Gasteiger charge is 2.20. The molecule has 0 bridgehead atoms. The molecule has 0 amide bonds. The van der Waals surface area contributed by atoms with Crippen LogP contribution in [-0.4, -0.2) is 36.5 Å². The Bertz CT molecular complexity index is 157. The van der Waals surface area contributed by atoms with Crippen molar-refractivity contribution in [3.8, 4) is 0 Å². The molecule has 1 fully saturated rings. The number of hydrogen-bond acceptors (Lipinski definition) is 4. The monoisotopic (exact) mass is 174 g/mol. The summed E-state index contributed by atoms with van der Waals surface area (Å²) >= 11 is 0. The molecule has 1 aliphatic rings. The van der Waals surface area contributed by atoms with E-state index in [1.807, 2.05) is 0 Å². The molecule has 1 unspecified atom stereocenters. The zero-order chi connectivity index (χ0) is 8.97. The minimum absolute atomic E-state index is 0.00245. The predicted octanol–water partition coefficient (Wildman–Crippen LogP) is -0.876. The van der Waals surface area contributed by atoms with Crippen LogP contribution >= 0.6 is 0 Å². The van der Waals surface area contributed by atoms with Crippen LogP contribution in [-0.2, 0) is 9.53 Å². The normalized spacial score (nSPS) is 22.1. The number of carboxylic acid groups (broad SMARTS) is 1. The number of rotatable bonds is 3. The molecule has 1 atom stereocenters. The fourth-order valence-corrected chi connectivity index (χ4v) is 1.20. The standard InChI is InChI=1S/C7H14N2O3/c8-6(7(10)11)12-5-1-3-9-4-2-5/h5-6,9H,1-4,8H2,(H,10,11). The molecule has 0 aromatic carbocycles. The van der Waals surface area contributed by atoms with Gasteiger partial charge in [0.05, 0.1) is 6.10 Å². The van der Waals surface area contributed by atoms with Crippen LogP contribution in [0.3, 0.4) is 0 Å². The molecule has 0 aromatic rings. The van der Waals surface area contributed by atoms with Gasteiger partial charge in [-0.1, -0.05) is 0 Å². The Morgan fingerprint density at radius 1 is 1.58 bits per heavy atom. The summed E-state index contributed by atoms with van der Waals surface area (Å²) in [5, 5.41) is 11.6. The van der Waals surface area contributed by atoms with E-state index >= 15 is 0 Å². The molecule has 5 nitrogen and oxygen atoms in total. The second-order valence-corrected chi connectivity index (χ2v) is 2.84. The summed E-state index contributed by atoms with van der Waals surface area (Å²) in [5.41, 5.74) is 5.21. The summed E-state index contributed by atoms with van der Waals surface area (Å²) in [6, 6.07) is 0. The van der Waals surface area contributed by atoms with Crippen LogP contribution in [0.15, 0.2) is 0 Å². The molecule has 0 radical (unpaired) electrons. The van der Waals surface area contributed by atoms with E-state index < -0.39 is 12.2 Å². The largest absolute Gasteiger partial charge is 0.478 e. The van der Waals surface area contributed by atoms with Crippen molar-refractivity contribution in [2.45, 2.75) is 25.2 Å². The number of ether oxygens (including phenoxy) is 1. The third-order valence-corrected chi connectivity index (χ3v) is 1.87. The van der Waals surface area contributed by atoms with Crippen LogP contribution in [0.5, 0.6) is 0 Å². The molecule has 0 aliphatic carbocycles. The molecule has 4 N–H and O–H groups in total. The highest BCUT2D eigenvalue weighted by molar-refractivity contribution is 5.71. The lowest BCUT2D eigenvalue weighted by Gasteiger charge is -2.24. The molecule has 0 saturated carbocycles. The number of piperidine rings is 1. The van der Waals surface area contributed by atoms with Gasteiger partial charge >= 0.3 is 5.97 Å².